The number of aromatic nitrogens is 3. The summed E-state index contributed by atoms with van der Waals surface area (Å²) >= 11 is 1.35. The first-order chi connectivity index (χ1) is 12.5. The van der Waals surface area contributed by atoms with E-state index >= 15 is 0 Å². The third-order valence-corrected chi connectivity index (χ3v) is 4.88. The van der Waals surface area contributed by atoms with E-state index < -0.39 is 0 Å². The molecule has 3 rings (SSSR count). The Kier molecular flexibility index (Phi) is 5.68. The van der Waals surface area contributed by atoms with Gasteiger partial charge in [-0.3, -0.25) is 9.36 Å². The first kappa shape index (κ1) is 18.1. The second-order valence-corrected chi connectivity index (χ2v) is 7.11. The van der Waals surface area contributed by atoms with Crippen molar-refractivity contribution in [3.8, 4) is 5.69 Å². The van der Waals surface area contributed by atoms with E-state index in [9.17, 15) is 9.18 Å². The molecule has 2 aromatic carbocycles. The number of hydrogen-bond donors (Lipinski definition) is 1. The number of carbonyl (C=O) groups is 1. The van der Waals surface area contributed by atoms with Crippen LogP contribution in [0, 0.1) is 12.7 Å². The number of nitrogens with zero attached hydrogens (tertiary/aromatic N) is 3. The van der Waals surface area contributed by atoms with Crippen molar-refractivity contribution in [2.45, 2.75) is 30.8 Å². The van der Waals surface area contributed by atoms with E-state index in [1.54, 1.807) is 12.1 Å². The number of halogens is 1. The molecule has 1 heterocycles. The van der Waals surface area contributed by atoms with Gasteiger partial charge in [0.15, 0.2) is 5.16 Å². The summed E-state index contributed by atoms with van der Waals surface area (Å²) in [7, 11) is 0. The number of carbonyl (C=O) groups excluding carboxylic acids is 1. The molecule has 1 unspecified atom stereocenters. The lowest BCUT2D eigenvalue weighted by Gasteiger charge is -2.13. The van der Waals surface area contributed by atoms with Crippen LogP contribution in [0.4, 0.5) is 4.39 Å². The van der Waals surface area contributed by atoms with Crippen LogP contribution in [-0.4, -0.2) is 25.9 Å². The van der Waals surface area contributed by atoms with Gasteiger partial charge in [-0.15, -0.1) is 10.2 Å². The Hall–Kier alpha value is -2.67. The SMILES string of the molecule is Cc1nnc(SC(C)C(=O)NCc2ccc(F)cc2)n1-c1ccccc1. The van der Waals surface area contributed by atoms with Gasteiger partial charge in [-0.05, 0) is 43.7 Å². The van der Waals surface area contributed by atoms with Crippen molar-refractivity contribution in [3.63, 3.8) is 0 Å². The molecule has 5 nitrogen and oxygen atoms in total. The third-order valence-electron chi connectivity index (χ3n) is 3.84. The van der Waals surface area contributed by atoms with Gasteiger partial charge in [0.2, 0.25) is 5.91 Å². The topological polar surface area (TPSA) is 59.8 Å². The highest BCUT2D eigenvalue weighted by Crippen LogP contribution is 2.25. The van der Waals surface area contributed by atoms with Crippen LogP contribution in [0.3, 0.4) is 0 Å². The van der Waals surface area contributed by atoms with E-state index in [0.717, 1.165) is 17.1 Å². The fraction of sp³-hybridized carbons (Fsp3) is 0.211. The average molecular weight is 370 g/mol. The van der Waals surface area contributed by atoms with E-state index in [1.807, 2.05) is 48.7 Å². The first-order valence-corrected chi connectivity index (χ1v) is 9.09. The molecule has 0 bridgehead atoms. The molecular formula is C19H19FN4OS. The number of hydrogen-bond acceptors (Lipinski definition) is 4. The molecule has 26 heavy (non-hydrogen) atoms. The lowest BCUT2D eigenvalue weighted by Crippen LogP contribution is -2.30. The number of amides is 1. The number of rotatable bonds is 6. The van der Waals surface area contributed by atoms with Crippen LogP contribution in [0.5, 0.6) is 0 Å². The minimum atomic E-state index is -0.346. The zero-order valence-corrected chi connectivity index (χ0v) is 15.3. The summed E-state index contributed by atoms with van der Waals surface area (Å²) in [5.74, 6) is 0.358. The van der Waals surface area contributed by atoms with Crippen molar-refractivity contribution in [3.05, 3.63) is 71.8 Å². The number of aryl methyl sites for hydroxylation is 1. The van der Waals surface area contributed by atoms with Crippen LogP contribution in [0.15, 0.2) is 59.8 Å². The first-order valence-electron chi connectivity index (χ1n) is 8.21. The van der Waals surface area contributed by atoms with Crippen molar-refractivity contribution >= 4 is 17.7 Å². The summed E-state index contributed by atoms with van der Waals surface area (Å²) < 4.78 is 14.9. The molecule has 0 radical (unpaired) electrons. The summed E-state index contributed by atoms with van der Waals surface area (Å²) in [6.45, 7) is 4.06. The molecule has 3 aromatic rings. The van der Waals surface area contributed by atoms with Gasteiger partial charge in [-0.1, -0.05) is 42.1 Å². The van der Waals surface area contributed by atoms with Gasteiger partial charge >= 0.3 is 0 Å². The Balaban J connectivity index is 1.65. The van der Waals surface area contributed by atoms with Crippen molar-refractivity contribution < 1.29 is 9.18 Å². The van der Waals surface area contributed by atoms with E-state index in [-0.39, 0.29) is 17.0 Å². The molecule has 0 spiro atoms. The normalized spacial score (nSPS) is 12.0. The maximum absolute atomic E-state index is 12.9. The molecule has 7 heteroatoms. The maximum atomic E-state index is 12.9. The molecule has 0 aliphatic carbocycles. The van der Waals surface area contributed by atoms with Crippen LogP contribution in [-0.2, 0) is 11.3 Å². The fourth-order valence-corrected chi connectivity index (χ4v) is 3.38. The molecule has 0 saturated carbocycles. The van der Waals surface area contributed by atoms with Gasteiger partial charge in [-0.2, -0.15) is 0 Å². The highest BCUT2D eigenvalue weighted by Gasteiger charge is 2.19. The summed E-state index contributed by atoms with van der Waals surface area (Å²) in [5.41, 5.74) is 1.80. The Morgan fingerprint density at radius 1 is 1.15 bits per heavy atom. The van der Waals surface area contributed by atoms with Gasteiger partial charge < -0.3 is 5.32 Å². The zero-order chi connectivity index (χ0) is 18.5. The van der Waals surface area contributed by atoms with Crippen LogP contribution in [0.1, 0.15) is 18.3 Å². The molecular weight excluding hydrogens is 351 g/mol. The largest absolute Gasteiger partial charge is 0.351 e. The zero-order valence-electron chi connectivity index (χ0n) is 14.5. The Morgan fingerprint density at radius 3 is 2.54 bits per heavy atom. The molecule has 0 saturated heterocycles. The van der Waals surface area contributed by atoms with E-state index in [0.29, 0.717) is 11.7 Å². The van der Waals surface area contributed by atoms with Gasteiger partial charge in [0, 0.05) is 12.2 Å². The number of para-hydroxylation sites is 1. The van der Waals surface area contributed by atoms with Gasteiger partial charge in [0.1, 0.15) is 11.6 Å². The van der Waals surface area contributed by atoms with E-state index in [4.69, 9.17) is 0 Å². The standard InChI is InChI=1S/C19H19FN4OS/c1-13(18(25)21-12-15-8-10-16(20)11-9-15)26-19-23-22-14(2)24(19)17-6-4-3-5-7-17/h3-11,13H,12H2,1-2H3,(H,21,25). The Morgan fingerprint density at radius 2 is 1.85 bits per heavy atom. The Bertz CT molecular complexity index is 880. The predicted octanol–water partition coefficient (Wildman–Crippen LogP) is 3.51. The smallest absolute Gasteiger partial charge is 0.233 e. The minimum Gasteiger partial charge on any atom is -0.351 e. The van der Waals surface area contributed by atoms with E-state index in [2.05, 4.69) is 15.5 Å². The van der Waals surface area contributed by atoms with Gasteiger partial charge in [0.25, 0.3) is 0 Å². The number of nitrogens with one attached hydrogen (secondary N) is 1. The fourth-order valence-electron chi connectivity index (χ4n) is 2.44. The van der Waals surface area contributed by atoms with Crippen LogP contribution in [0.25, 0.3) is 5.69 Å². The van der Waals surface area contributed by atoms with Crippen molar-refractivity contribution in [1.82, 2.24) is 20.1 Å². The molecule has 0 aliphatic heterocycles. The lowest BCUT2D eigenvalue weighted by molar-refractivity contribution is -0.120. The molecule has 0 fully saturated rings. The second kappa shape index (κ2) is 8.14. The van der Waals surface area contributed by atoms with Crippen LogP contribution >= 0.6 is 11.8 Å². The van der Waals surface area contributed by atoms with E-state index in [1.165, 1.54) is 23.9 Å². The molecule has 1 aromatic heterocycles. The molecule has 1 N–H and O–H groups in total. The van der Waals surface area contributed by atoms with Gasteiger partial charge in [0.05, 0.1) is 5.25 Å². The number of benzene rings is 2. The van der Waals surface area contributed by atoms with Crippen LogP contribution in [0.2, 0.25) is 0 Å². The molecule has 0 aliphatic rings. The average Bonchev–Trinajstić information content (AvgIpc) is 3.01. The predicted molar refractivity (Wildman–Crippen MR) is 99.7 cm³/mol. The van der Waals surface area contributed by atoms with Crippen molar-refractivity contribution in [2.75, 3.05) is 0 Å². The maximum Gasteiger partial charge on any atom is 0.233 e. The Labute approximate surface area is 155 Å². The minimum absolute atomic E-state index is 0.111. The number of thioether (sulfide) groups is 1. The summed E-state index contributed by atoms with van der Waals surface area (Å²) in [6.07, 6.45) is 0. The van der Waals surface area contributed by atoms with Crippen LogP contribution < -0.4 is 5.32 Å². The summed E-state index contributed by atoms with van der Waals surface area (Å²) in [5, 5.41) is 11.5. The quantitative estimate of drug-likeness (QED) is 0.675. The summed E-state index contributed by atoms with van der Waals surface area (Å²) in [4.78, 5) is 12.4. The second-order valence-electron chi connectivity index (χ2n) is 5.81. The van der Waals surface area contributed by atoms with Gasteiger partial charge in [-0.25, -0.2) is 4.39 Å². The van der Waals surface area contributed by atoms with Crippen molar-refractivity contribution in [2.24, 2.45) is 0 Å². The molecule has 134 valence electrons. The van der Waals surface area contributed by atoms with Crippen molar-refractivity contribution in [1.29, 1.82) is 0 Å². The monoisotopic (exact) mass is 370 g/mol. The summed E-state index contributed by atoms with van der Waals surface area (Å²) in [6, 6.07) is 15.9. The molecule has 1 atom stereocenters. The molecule has 1 amide bonds. The lowest BCUT2D eigenvalue weighted by atomic mass is 10.2. The third kappa shape index (κ3) is 4.29. The highest BCUT2D eigenvalue weighted by molar-refractivity contribution is 8.00. The highest BCUT2D eigenvalue weighted by atomic mass is 32.2.